The largest absolute Gasteiger partial charge is 0.341 e. The van der Waals surface area contributed by atoms with Crippen LogP contribution in [0.4, 0.5) is 0 Å². The van der Waals surface area contributed by atoms with Gasteiger partial charge < -0.3 is 9.47 Å². The summed E-state index contributed by atoms with van der Waals surface area (Å²) in [5.41, 5.74) is 3.66. The van der Waals surface area contributed by atoms with E-state index in [-0.39, 0.29) is 18.0 Å². The van der Waals surface area contributed by atoms with Crippen molar-refractivity contribution in [3.63, 3.8) is 0 Å². The zero-order valence-electron chi connectivity index (χ0n) is 16.7. The molecule has 29 heavy (non-hydrogen) atoms. The number of amides is 1. The number of likely N-dealkylation sites (tertiary alicyclic amines) is 1. The molecular weight excluding hydrogens is 366 g/mol. The Hall–Kier alpha value is -2.96. The maximum Gasteiger partial charge on any atom is 0.279 e. The molecule has 0 bridgehead atoms. The van der Waals surface area contributed by atoms with Crippen molar-refractivity contribution in [2.24, 2.45) is 0 Å². The summed E-state index contributed by atoms with van der Waals surface area (Å²) >= 11 is 0. The molecule has 7 nitrogen and oxygen atoms in total. The Bertz CT molecular complexity index is 1140. The third-order valence-corrected chi connectivity index (χ3v) is 6.11. The zero-order chi connectivity index (χ0) is 20.0. The molecule has 3 aromatic rings. The zero-order valence-corrected chi connectivity index (χ0v) is 16.7. The van der Waals surface area contributed by atoms with E-state index in [1.165, 1.54) is 10.9 Å². The molecule has 150 valence electrons. The van der Waals surface area contributed by atoms with E-state index in [9.17, 15) is 9.59 Å². The Labute approximate surface area is 169 Å². The van der Waals surface area contributed by atoms with E-state index in [0.717, 1.165) is 67.6 Å². The van der Waals surface area contributed by atoms with E-state index in [1.54, 1.807) is 0 Å². The molecule has 2 aliphatic rings. The van der Waals surface area contributed by atoms with E-state index < -0.39 is 0 Å². The van der Waals surface area contributed by atoms with Crippen LogP contribution in [-0.2, 0) is 24.2 Å². The van der Waals surface area contributed by atoms with Crippen molar-refractivity contribution in [2.45, 2.75) is 52.0 Å². The van der Waals surface area contributed by atoms with Crippen molar-refractivity contribution in [2.75, 3.05) is 13.1 Å². The number of hydrogen-bond acceptors (Lipinski definition) is 4. The maximum absolute atomic E-state index is 13.0. The number of carbonyl (C=O) groups is 1. The molecule has 1 aliphatic heterocycles. The van der Waals surface area contributed by atoms with Crippen LogP contribution in [0.3, 0.4) is 0 Å². The highest BCUT2D eigenvalue weighted by Gasteiger charge is 2.26. The number of aromatic nitrogens is 4. The number of fused-ring (bicyclic) bond motifs is 2. The van der Waals surface area contributed by atoms with Crippen molar-refractivity contribution in [1.29, 1.82) is 0 Å². The first-order valence-corrected chi connectivity index (χ1v) is 10.5. The van der Waals surface area contributed by atoms with E-state index in [4.69, 9.17) is 4.98 Å². The number of benzene rings is 1. The minimum atomic E-state index is -0.0972. The van der Waals surface area contributed by atoms with E-state index in [1.807, 2.05) is 40.7 Å². The summed E-state index contributed by atoms with van der Waals surface area (Å²) in [4.78, 5) is 32.6. The molecule has 5 rings (SSSR count). The number of aryl methyl sites for hydroxylation is 1. The predicted molar refractivity (Wildman–Crippen MR) is 110 cm³/mol. The molecule has 0 spiro atoms. The normalized spacial score (nSPS) is 16.4. The molecule has 0 unspecified atom stereocenters. The highest BCUT2D eigenvalue weighted by atomic mass is 16.2. The van der Waals surface area contributed by atoms with Crippen LogP contribution in [0.15, 0.2) is 29.1 Å². The van der Waals surface area contributed by atoms with Gasteiger partial charge in [-0.2, -0.15) is 9.50 Å². The first-order chi connectivity index (χ1) is 14.1. The molecule has 1 fully saturated rings. The van der Waals surface area contributed by atoms with Crippen LogP contribution in [-0.4, -0.2) is 43.1 Å². The van der Waals surface area contributed by atoms with E-state index in [2.05, 4.69) is 5.10 Å². The summed E-state index contributed by atoms with van der Waals surface area (Å²) in [6.45, 7) is 3.89. The molecule has 2 aromatic heterocycles. The summed E-state index contributed by atoms with van der Waals surface area (Å²) in [5.74, 6) is 1.09. The molecule has 1 aliphatic carbocycles. The van der Waals surface area contributed by atoms with Gasteiger partial charge in [-0.25, -0.2) is 0 Å². The molecule has 0 saturated carbocycles. The van der Waals surface area contributed by atoms with Crippen LogP contribution in [0.5, 0.6) is 0 Å². The van der Waals surface area contributed by atoms with Gasteiger partial charge in [0, 0.05) is 29.9 Å². The average molecular weight is 391 g/mol. The van der Waals surface area contributed by atoms with E-state index in [0.29, 0.717) is 11.6 Å². The SMILES string of the molecule is Cc1ccc(-c2nc3n(CC(=O)N4CCCCC4)c4c(c(=O)n3n2)CCC4)cc1. The second-order valence-electron chi connectivity index (χ2n) is 8.12. The summed E-state index contributed by atoms with van der Waals surface area (Å²) in [6, 6.07) is 7.94. The molecule has 0 N–H and O–H groups in total. The van der Waals surface area contributed by atoms with Crippen LogP contribution in [0.25, 0.3) is 17.2 Å². The molecule has 1 amide bonds. The van der Waals surface area contributed by atoms with Crippen molar-refractivity contribution in [3.8, 4) is 11.4 Å². The molecule has 0 radical (unpaired) electrons. The lowest BCUT2D eigenvalue weighted by Gasteiger charge is -2.27. The smallest absolute Gasteiger partial charge is 0.279 e. The average Bonchev–Trinajstić information content (AvgIpc) is 3.40. The Morgan fingerprint density at radius 3 is 2.55 bits per heavy atom. The minimum Gasteiger partial charge on any atom is -0.341 e. The quantitative estimate of drug-likeness (QED) is 0.687. The highest BCUT2D eigenvalue weighted by molar-refractivity contribution is 5.77. The maximum atomic E-state index is 13.0. The summed E-state index contributed by atoms with van der Waals surface area (Å²) in [6.07, 6.45) is 5.78. The van der Waals surface area contributed by atoms with Gasteiger partial charge in [-0.3, -0.25) is 9.59 Å². The summed E-state index contributed by atoms with van der Waals surface area (Å²) in [5, 5.41) is 4.52. The number of nitrogens with zero attached hydrogens (tertiary/aromatic N) is 5. The third kappa shape index (κ3) is 3.14. The van der Waals surface area contributed by atoms with Gasteiger partial charge in [-0.05, 0) is 45.4 Å². The molecular formula is C22H25N5O2. The third-order valence-electron chi connectivity index (χ3n) is 6.11. The van der Waals surface area contributed by atoms with Gasteiger partial charge in [0.1, 0.15) is 6.54 Å². The number of hydrogen-bond donors (Lipinski definition) is 0. The lowest BCUT2D eigenvalue weighted by Crippen LogP contribution is -2.39. The fraction of sp³-hybridized carbons (Fsp3) is 0.455. The lowest BCUT2D eigenvalue weighted by atomic mass is 10.1. The van der Waals surface area contributed by atoms with Gasteiger partial charge in [0.15, 0.2) is 5.82 Å². The van der Waals surface area contributed by atoms with Crippen LogP contribution < -0.4 is 5.56 Å². The molecule has 7 heteroatoms. The first kappa shape index (κ1) is 18.1. The van der Waals surface area contributed by atoms with Gasteiger partial charge in [0.25, 0.3) is 5.56 Å². The molecule has 0 atom stereocenters. The van der Waals surface area contributed by atoms with Gasteiger partial charge in [0.2, 0.25) is 11.7 Å². The van der Waals surface area contributed by atoms with Crippen molar-refractivity contribution in [3.05, 3.63) is 51.4 Å². The molecule has 3 heterocycles. The topological polar surface area (TPSA) is 72.5 Å². The minimum absolute atomic E-state index is 0.0972. The highest BCUT2D eigenvalue weighted by Crippen LogP contribution is 2.23. The molecule has 1 aromatic carbocycles. The Morgan fingerprint density at radius 1 is 1.03 bits per heavy atom. The Balaban J connectivity index is 1.61. The standard InChI is InChI=1S/C22H25N5O2/c1-15-8-10-16(11-9-15)20-23-22-26(14-19(28)25-12-3-2-4-13-25)18-7-5-6-17(18)21(29)27(22)24-20/h8-11H,2-7,12-14H2,1H3. The second-order valence-corrected chi connectivity index (χ2v) is 8.12. The van der Waals surface area contributed by atoms with Gasteiger partial charge in [-0.1, -0.05) is 29.8 Å². The lowest BCUT2D eigenvalue weighted by molar-refractivity contribution is -0.132. The number of rotatable bonds is 3. The number of piperidine rings is 1. The first-order valence-electron chi connectivity index (χ1n) is 10.5. The van der Waals surface area contributed by atoms with Crippen LogP contribution >= 0.6 is 0 Å². The monoisotopic (exact) mass is 391 g/mol. The predicted octanol–water partition coefficient (Wildman–Crippen LogP) is 2.37. The van der Waals surface area contributed by atoms with Crippen molar-refractivity contribution >= 4 is 11.7 Å². The van der Waals surface area contributed by atoms with Crippen LogP contribution in [0.2, 0.25) is 0 Å². The number of carbonyl (C=O) groups excluding carboxylic acids is 1. The van der Waals surface area contributed by atoms with Gasteiger partial charge in [-0.15, -0.1) is 5.10 Å². The van der Waals surface area contributed by atoms with Crippen molar-refractivity contribution < 1.29 is 4.79 Å². The Kier molecular flexibility index (Phi) is 4.45. The van der Waals surface area contributed by atoms with Crippen LogP contribution in [0.1, 0.15) is 42.5 Å². The van der Waals surface area contributed by atoms with Crippen molar-refractivity contribution in [1.82, 2.24) is 24.1 Å². The van der Waals surface area contributed by atoms with Gasteiger partial charge in [0.05, 0.1) is 0 Å². The van der Waals surface area contributed by atoms with Gasteiger partial charge >= 0.3 is 0 Å². The fourth-order valence-electron chi connectivity index (χ4n) is 4.49. The van der Waals surface area contributed by atoms with Crippen LogP contribution in [0, 0.1) is 6.92 Å². The molecule has 1 saturated heterocycles. The second kappa shape index (κ2) is 7.13. The summed E-state index contributed by atoms with van der Waals surface area (Å²) in [7, 11) is 0. The summed E-state index contributed by atoms with van der Waals surface area (Å²) < 4.78 is 3.33. The van der Waals surface area contributed by atoms with E-state index >= 15 is 0 Å². The Morgan fingerprint density at radius 2 is 1.79 bits per heavy atom. The fourth-order valence-corrected chi connectivity index (χ4v) is 4.49.